The van der Waals surface area contributed by atoms with E-state index in [1.807, 2.05) is 19.9 Å². The van der Waals surface area contributed by atoms with Gasteiger partial charge in [-0.1, -0.05) is 6.92 Å². The molecule has 1 spiro atoms. The average Bonchev–Trinajstić information content (AvgIpc) is 3.74. The van der Waals surface area contributed by atoms with Crippen molar-refractivity contribution in [1.29, 1.82) is 0 Å². The van der Waals surface area contributed by atoms with E-state index in [-0.39, 0.29) is 23.6 Å². The fraction of sp³-hybridized carbons (Fsp3) is 0.462. The lowest BCUT2D eigenvalue weighted by molar-refractivity contribution is 0.0183. The predicted molar refractivity (Wildman–Crippen MR) is 126 cm³/mol. The number of carbonyl (C=O) groups is 1. The van der Waals surface area contributed by atoms with Crippen LogP contribution in [0.2, 0.25) is 0 Å². The molecule has 8 nitrogen and oxygen atoms in total. The summed E-state index contributed by atoms with van der Waals surface area (Å²) >= 11 is 0. The lowest BCUT2D eigenvalue weighted by Gasteiger charge is -2.30. The number of aliphatic hydroxyl groups is 1. The number of pyridine rings is 3. The number of aromatic nitrogens is 3. The standard InChI is InChI=1S/C26H28N4O4/c1-4-25(3,32)19-13-28-23(34-15-5-6-15)18-12-27-21(11-17(18)19)29-20-8-7-16-22(30-20)26(9-10-26)14(2)33-24(16)31/h7-8,11-15,32H,4-6,9-10H2,1-3H3,(H,27,29,30)/t14-,25?/m1/s1. The van der Waals surface area contributed by atoms with Crippen molar-refractivity contribution in [2.24, 2.45) is 0 Å². The SMILES string of the molecule is CCC(C)(O)c1cnc(OC2CC2)c2cnc(Nc3ccc4c(n3)C3(CC3)[C@@H](C)OC4=O)cc12. The van der Waals surface area contributed by atoms with Gasteiger partial charge in [0.25, 0.3) is 0 Å². The molecule has 1 unspecified atom stereocenters. The molecule has 176 valence electrons. The minimum atomic E-state index is -1.04. The first-order valence-corrected chi connectivity index (χ1v) is 12.0. The molecule has 1 aliphatic heterocycles. The highest BCUT2D eigenvalue weighted by Crippen LogP contribution is 2.54. The zero-order chi connectivity index (χ0) is 23.7. The van der Waals surface area contributed by atoms with Gasteiger partial charge in [-0.05, 0) is 69.5 Å². The Kier molecular flexibility index (Phi) is 4.61. The van der Waals surface area contributed by atoms with Gasteiger partial charge >= 0.3 is 5.97 Å². The lowest BCUT2D eigenvalue weighted by atomic mass is 9.89. The number of hydrogen-bond acceptors (Lipinski definition) is 8. The van der Waals surface area contributed by atoms with Crippen molar-refractivity contribution < 1.29 is 19.4 Å². The van der Waals surface area contributed by atoms with Crippen LogP contribution in [0.25, 0.3) is 10.8 Å². The Morgan fingerprint density at radius 1 is 1.21 bits per heavy atom. The summed E-state index contributed by atoms with van der Waals surface area (Å²) in [6.45, 7) is 5.67. The number of hydrogen-bond donors (Lipinski definition) is 2. The number of rotatable bonds is 6. The smallest absolute Gasteiger partial charge is 0.340 e. The summed E-state index contributed by atoms with van der Waals surface area (Å²) in [5.41, 5.74) is 0.861. The zero-order valence-corrected chi connectivity index (χ0v) is 19.6. The Balaban J connectivity index is 1.40. The van der Waals surface area contributed by atoms with Crippen molar-refractivity contribution in [3.05, 3.63) is 47.4 Å². The first kappa shape index (κ1) is 21.3. The monoisotopic (exact) mass is 460 g/mol. The number of carbonyl (C=O) groups excluding carboxylic acids is 1. The van der Waals surface area contributed by atoms with E-state index in [0.29, 0.717) is 29.5 Å². The van der Waals surface area contributed by atoms with Crippen molar-refractivity contribution in [3.8, 4) is 5.88 Å². The molecule has 2 saturated carbocycles. The third-order valence-electron chi connectivity index (χ3n) is 7.50. The number of esters is 1. The Labute approximate surface area is 197 Å². The molecule has 8 heteroatoms. The molecular weight excluding hydrogens is 432 g/mol. The van der Waals surface area contributed by atoms with E-state index in [0.717, 1.165) is 47.7 Å². The van der Waals surface area contributed by atoms with Crippen LogP contribution in [0, 0.1) is 0 Å². The summed E-state index contributed by atoms with van der Waals surface area (Å²) in [5, 5.41) is 15.9. The third-order valence-corrected chi connectivity index (χ3v) is 7.50. The van der Waals surface area contributed by atoms with Gasteiger partial charge in [-0.3, -0.25) is 0 Å². The van der Waals surface area contributed by atoms with Crippen LogP contribution >= 0.6 is 0 Å². The van der Waals surface area contributed by atoms with Gasteiger partial charge in [-0.25, -0.2) is 19.7 Å². The Morgan fingerprint density at radius 3 is 2.71 bits per heavy atom. The van der Waals surface area contributed by atoms with Crippen LogP contribution in [0.15, 0.2) is 30.6 Å². The Bertz CT molecular complexity index is 1310. The van der Waals surface area contributed by atoms with Crippen LogP contribution in [0.1, 0.15) is 74.5 Å². The molecule has 0 aromatic carbocycles. The predicted octanol–water partition coefficient (Wildman–Crippen LogP) is 4.52. The minimum absolute atomic E-state index is 0.175. The first-order chi connectivity index (χ1) is 16.3. The molecule has 0 bridgehead atoms. The number of nitrogens with zero attached hydrogens (tertiary/aromatic N) is 3. The van der Waals surface area contributed by atoms with Crippen LogP contribution < -0.4 is 10.1 Å². The molecule has 2 atom stereocenters. The molecule has 2 N–H and O–H groups in total. The number of fused-ring (bicyclic) bond motifs is 3. The summed E-state index contributed by atoms with van der Waals surface area (Å²) in [6, 6.07) is 5.45. The number of anilines is 2. The van der Waals surface area contributed by atoms with Crippen LogP contribution in [0.4, 0.5) is 11.6 Å². The van der Waals surface area contributed by atoms with Gasteiger partial charge in [0.1, 0.15) is 23.8 Å². The van der Waals surface area contributed by atoms with Gasteiger partial charge in [0.05, 0.1) is 27.7 Å². The summed E-state index contributed by atoms with van der Waals surface area (Å²) in [4.78, 5) is 26.3. The van der Waals surface area contributed by atoms with E-state index in [1.165, 1.54) is 0 Å². The van der Waals surface area contributed by atoms with Crippen molar-refractivity contribution in [2.75, 3.05) is 5.32 Å². The van der Waals surface area contributed by atoms with Gasteiger partial charge in [0.15, 0.2) is 0 Å². The highest BCUT2D eigenvalue weighted by molar-refractivity contribution is 5.94. The largest absolute Gasteiger partial charge is 0.474 e. The minimum Gasteiger partial charge on any atom is -0.474 e. The van der Waals surface area contributed by atoms with Gasteiger partial charge < -0.3 is 19.9 Å². The second kappa shape index (κ2) is 7.37. The van der Waals surface area contributed by atoms with Crippen molar-refractivity contribution in [2.45, 2.75) is 76.1 Å². The summed E-state index contributed by atoms with van der Waals surface area (Å²) in [5.74, 6) is 1.44. The third kappa shape index (κ3) is 3.39. The molecule has 0 amide bonds. The van der Waals surface area contributed by atoms with Gasteiger partial charge in [0.2, 0.25) is 5.88 Å². The Morgan fingerprint density at radius 2 is 2.00 bits per heavy atom. The molecule has 3 aromatic rings. The van der Waals surface area contributed by atoms with E-state index < -0.39 is 5.60 Å². The fourth-order valence-corrected chi connectivity index (χ4v) is 4.75. The quantitative estimate of drug-likeness (QED) is 0.517. The van der Waals surface area contributed by atoms with Gasteiger partial charge in [0, 0.05) is 18.0 Å². The lowest BCUT2D eigenvalue weighted by Crippen LogP contribution is -2.36. The zero-order valence-electron chi connectivity index (χ0n) is 19.6. The van der Waals surface area contributed by atoms with Crippen LogP contribution in [-0.2, 0) is 15.8 Å². The van der Waals surface area contributed by atoms with Gasteiger partial charge in [-0.2, -0.15) is 0 Å². The van der Waals surface area contributed by atoms with Crippen molar-refractivity contribution >= 4 is 28.4 Å². The van der Waals surface area contributed by atoms with Crippen LogP contribution in [0.3, 0.4) is 0 Å². The van der Waals surface area contributed by atoms with E-state index >= 15 is 0 Å². The molecule has 2 aliphatic carbocycles. The molecular formula is C26H28N4O4. The highest BCUT2D eigenvalue weighted by atomic mass is 16.5. The first-order valence-electron chi connectivity index (χ1n) is 12.0. The van der Waals surface area contributed by atoms with Gasteiger partial charge in [-0.15, -0.1) is 0 Å². The maximum Gasteiger partial charge on any atom is 0.340 e. The molecule has 3 aliphatic rings. The van der Waals surface area contributed by atoms with E-state index in [1.54, 1.807) is 31.5 Å². The molecule has 6 rings (SSSR count). The number of nitrogens with one attached hydrogen (secondary N) is 1. The second-order valence-corrected chi connectivity index (χ2v) is 9.96. The highest BCUT2D eigenvalue weighted by Gasteiger charge is 2.56. The van der Waals surface area contributed by atoms with E-state index in [9.17, 15) is 9.90 Å². The molecule has 3 aromatic heterocycles. The fourth-order valence-electron chi connectivity index (χ4n) is 4.75. The Hall–Kier alpha value is -3.26. The van der Waals surface area contributed by atoms with E-state index in [2.05, 4.69) is 15.3 Å². The molecule has 0 saturated heterocycles. The maximum atomic E-state index is 12.4. The molecule has 34 heavy (non-hydrogen) atoms. The van der Waals surface area contributed by atoms with Crippen molar-refractivity contribution in [1.82, 2.24) is 15.0 Å². The average molecular weight is 461 g/mol. The second-order valence-electron chi connectivity index (χ2n) is 9.96. The molecule has 2 fully saturated rings. The van der Waals surface area contributed by atoms with E-state index in [4.69, 9.17) is 14.5 Å². The summed E-state index contributed by atoms with van der Waals surface area (Å²) in [6.07, 6.45) is 7.99. The number of cyclic esters (lactones) is 1. The van der Waals surface area contributed by atoms with Crippen molar-refractivity contribution in [3.63, 3.8) is 0 Å². The summed E-state index contributed by atoms with van der Waals surface area (Å²) < 4.78 is 11.5. The normalized spacial score (nSPS) is 22.1. The van der Waals surface area contributed by atoms with Crippen LogP contribution in [0.5, 0.6) is 5.88 Å². The molecule has 4 heterocycles. The summed E-state index contributed by atoms with van der Waals surface area (Å²) in [7, 11) is 0. The molecule has 0 radical (unpaired) electrons. The maximum absolute atomic E-state index is 12.4. The number of ether oxygens (including phenoxy) is 2. The van der Waals surface area contributed by atoms with Crippen LogP contribution in [-0.4, -0.2) is 38.2 Å². The topological polar surface area (TPSA) is 106 Å².